The van der Waals surface area contributed by atoms with Crippen molar-refractivity contribution >= 4 is 22.8 Å². The Hall–Kier alpha value is -2.47. The number of pyridine rings is 1. The summed E-state index contributed by atoms with van der Waals surface area (Å²) in [5, 5.41) is 0.954. The lowest BCUT2D eigenvalue weighted by Gasteiger charge is -2.52. The normalized spacial score (nSPS) is 27.9. The van der Waals surface area contributed by atoms with Crippen molar-refractivity contribution in [2.75, 3.05) is 13.1 Å². The van der Waals surface area contributed by atoms with Gasteiger partial charge in [-0.3, -0.25) is 19.5 Å². The predicted molar refractivity (Wildman–Crippen MR) is 99.9 cm³/mol. The number of piperidine rings is 3. The van der Waals surface area contributed by atoms with Crippen LogP contribution in [0.3, 0.4) is 0 Å². The number of hydrogen-bond acceptors (Lipinski definition) is 6. The fourth-order valence-electron chi connectivity index (χ4n) is 4.62. The summed E-state index contributed by atoms with van der Waals surface area (Å²) in [6.07, 6.45) is 2.95. The van der Waals surface area contributed by atoms with Gasteiger partial charge in [0, 0.05) is 36.9 Å². The molecule has 0 amide bonds. The van der Waals surface area contributed by atoms with Crippen LogP contribution in [0.1, 0.15) is 38.4 Å². The maximum Gasteiger partial charge on any atom is 0.303 e. The molecule has 3 fully saturated rings. The number of nitrogens with zero attached hydrogens (tertiary/aromatic N) is 2. The van der Waals surface area contributed by atoms with Crippen LogP contribution in [0.2, 0.25) is 0 Å². The van der Waals surface area contributed by atoms with E-state index >= 15 is 0 Å². The quantitative estimate of drug-likeness (QED) is 0.773. The molecule has 2 bridgehead atoms. The Morgan fingerprint density at radius 1 is 1.11 bits per heavy atom. The van der Waals surface area contributed by atoms with E-state index in [1.807, 2.05) is 30.3 Å². The zero-order chi connectivity index (χ0) is 19.0. The van der Waals surface area contributed by atoms with Gasteiger partial charge in [-0.25, -0.2) is 0 Å². The van der Waals surface area contributed by atoms with Gasteiger partial charge in [-0.15, -0.1) is 0 Å². The lowest BCUT2D eigenvalue weighted by Crippen LogP contribution is -2.61. The average molecular weight is 368 g/mol. The van der Waals surface area contributed by atoms with Crippen molar-refractivity contribution in [2.45, 2.75) is 44.9 Å². The fourth-order valence-corrected chi connectivity index (χ4v) is 4.62. The smallest absolute Gasteiger partial charge is 0.303 e. The van der Waals surface area contributed by atoms with E-state index in [1.165, 1.54) is 13.8 Å². The number of carbonyl (C=O) groups is 2. The summed E-state index contributed by atoms with van der Waals surface area (Å²) in [7, 11) is 0. The molecule has 0 spiro atoms. The monoisotopic (exact) mass is 368 g/mol. The molecule has 3 saturated heterocycles. The van der Waals surface area contributed by atoms with E-state index in [-0.39, 0.29) is 24.1 Å². The zero-order valence-corrected chi connectivity index (χ0v) is 15.6. The van der Waals surface area contributed by atoms with Gasteiger partial charge in [0.25, 0.3) is 0 Å². The summed E-state index contributed by atoms with van der Waals surface area (Å²) < 4.78 is 11.6. The SMILES string of the molecule is CC(=O)O[C@H](c1ccnc2ccccc12)[C@@H]1[C@@H](OC(C)=O)C2CCN1CC2. The molecule has 0 unspecified atom stereocenters. The molecule has 0 saturated carbocycles. The van der Waals surface area contributed by atoms with Crippen LogP contribution in [0.15, 0.2) is 36.5 Å². The molecule has 1 aromatic heterocycles. The Morgan fingerprint density at radius 3 is 2.56 bits per heavy atom. The predicted octanol–water partition coefficient (Wildman–Crippen LogP) is 2.86. The van der Waals surface area contributed by atoms with Crippen molar-refractivity contribution < 1.29 is 19.1 Å². The first kappa shape index (κ1) is 17.9. The van der Waals surface area contributed by atoms with Gasteiger partial charge >= 0.3 is 11.9 Å². The molecule has 0 aliphatic carbocycles. The molecule has 4 heterocycles. The number of fused-ring (bicyclic) bond motifs is 4. The van der Waals surface area contributed by atoms with E-state index in [0.29, 0.717) is 5.92 Å². The summed E-state index contributed by atoms with van der Waals surface area (Å²) >= 11 is 0. The third kappa shape index (κ3) is 3.41. The van der Waals surface area contributed by atoms with Crippen molar-refractivity contribution in [3.63, 3.8) is 0 Å². The number of para-hydroxylation sites is 1. The van der Waals surface area contributed by atoms with Crippen LogP contribution in [-0.4, -0.2) is 47.1 Å². The number of carbonyl (C=O) groups excluding carboxylic acids is 2. The van der Waals surface area contributed by atoms with Gasteiger partial charge in [0.15, 0.2) is 0 Å². The summed E-state index contributed by atoms with van der Waals surface area (Å²) in [6.45, 7) is 4.72. The fraction of sp³-hybridized carbons (Fsp3) is 0.476. The highest BCUT2D eigenvalue weighted by Gasteiger charge is 2.49. The molecule has 0 radical (unpaired) electrons. The van der Waals surface area contributed by atoms with E-state index in [9.17, 15) is 9.59 Å². The van der Waals surface area contributed by atoms with Crippen LogP contribution >= 0.6 is 0 Å². The highest BCUT2D eigenvalue weighted by Crippen LogP contribution is 2.42. The maximum atomic E-state index is 12.0. The molecule has 6 nitrogen and oxygen atoms in total. The van der Waals surface area contributed by atoms with Crippen LogP contribution in [0.5, 0.6) is 0 Å². The Balaban J connectivity index is 1.81. The second kappa shape index (κ2) is 7.27. The Morgan fingerprint density at radius 2 is 1.85 bits per heavy atom. The summed E-state index contributed by atoms with van der Waals surface area (Å²) in [6, 6.07) is 9.55. The van der Waals surface area contributed by atoms with Crippen LogP contribution in [0.4, 0.5) is 0 Å². The molecule has 142 valence electrons. The topological polar surface area (TPSA) is 68.7 Å². The van der Waals surface area contributed by atoms with Crippen LogP contribution in [-0.2, 0) is 19.1 Å². The second-order valence-corrected chi connectivity index (χ2v) is 7.39. The molecule has 3 aliphatic heterocycles. The molecule has 27 heavy (non-hydrogen) atoms. The molecule has 3 atom stereocenters. The summed E-state index contributed by atoms with van der Waals surface area (Å²) in [5.41, 5.74) is 1.76. The summed E-state index contributed by atoms with van der Waals surface area (Å²) in [5.74, 6) is -0.333. The van der Waals surface area contributed by atoms with Crippen molar-refractivity contribution in [3.8, 4) is 0 Å². The van der Waals surface area contributed by atoms with Gasteiger partial charge in [-0.2, -0.15) is 0 Å². The van der Waals surface area contributed by atoms with Crippen molar-refractivity contribution in [2.24, 2.45) is 5.92 Å². The number of rotatable bonds is 4. The molecule has 6 heteroatoms. The number of ether oxygens (including phenoxy) is 2. The Labute approximate surface area is 158 Å². The van der Waals surface area contributed by atoms with E-state index in [4.69, 9.17) is 9.47 Å². The van der Waals surface area contributed by atoms with E-state index < -0.39 is 6.10 Å². The number of aromatic nitrogens is 1. The highest BCUT2D eigenvalue weighted by atomic mass is 16.6. The van der Waals surface area contributed by atoms with Gasteiger partial charge in [-0.1, -0.05) is 18.2 Å². The van der Waals surface area contributed by atoms with Gasteiger partial charge in [0.05, 0.1) is 11.6 Å². The van der Waals surface area contributed by atoms with Crippen LogP contribution < -0.4 is 0 Å². The second-order valence-electron chi connectivity index (χ2n) is 7.39. The minimum Gasteiger partial charge on any atom is -0.460 e. The van der Waals surface area contributed by atoms with Crippen LogP contribution in [0, 0.1) is 5.92 Å². The van der Waals surface area contributed by atoms with Gasteiger partial charge in [-0.05, 0) is 38.1 Å². The zero-order valence-electron chi connectivity index (χ0n) is 15.6. The molecule has 0 N–H and O–H groups in total. The number of hydrogen-bond donors (Lipinski definition) is 0. The molecule has 1 aromatic carbocycles. The van der Waals surface area contributed by atoms with Crippen molar-refractivity contribution in [1.29, 1.82) is 0 Å². The lowest BCUT2D eigenvalue weighted by molar-refractivity contribution is -0.181. The van der Waals surface area contributed by atoms with Gasteiger partial charge in [0.2, 0.25) is 0 Å². The summed E-state index contributed by atoms with van der Waals surface area (Å²) in [4.78, 5) is 30.5. The maximum absolute atomic E-state index is 12.0. The van der Waals surface area contributed by atoms with E-state index in [1.54, 1.807) is 6.20 Å². The highest BCUT2D eigenvalue weighted by molar-refractivity contribution is 5.82. The number of benzene rings is 1. The molecule has 2 aromatic rings. The standard InChI is InChI=1S/C21H24N2O4/c1-13(24)26-20-15-8-11-23(12-9-15)19(20)21(27-14(2)25)17-7-10-22-18-6-4-3-5-16(17)18/h3-7,10,15,19-21H,8-9,11-12H2,1-2H3/t19-,20-,21+/m0/s1. The average Bonchev–Trinajstić information content (AvgIpc) is 2.66. The molecular formula is C21H24N2O4. The Bertz CT molecular complexity index is 855. The third-order valence-corrected chi connectivity index (χ3v) is 5.69. The van der Waals surface area contributed by atoms with E-state index in [2.05, 4.69) is 9.88 Å². The third-order valence-electron chi connectivity index (χ3n) is 5.69. The van der Waals surface area contributed by atoms with Gasteiger partial charge < -0.3 is 9.47 Å². The van der Waals surface area contributed by atoms with E-state index in [0.717, 1.165) is 42.4 Å². The van der Waals surface area contributed by atoms with Gasteiger partial charge in [0.1, 0.15) is 12.2 Å². The minimum absolute atomic E-state index is 0.184. The lowest BCUT2D eigenvalue weighted by atomic mass is 9.77. The first-order valence-electron chi connectivity index (χ1n) is 9.46. The molecule has 5 rings (SSSR count). The first-order valence-corrected chi connectivity index (χ1v) is 9.46. The van der Waals surface area contributed by atoms with Crippen LogP contribution in [0.25, 0.3) is 10.9 Å². The first-order chi connectivity index (χ1) is 13.0. The largest absolute Gasteiger partial charge is 0.460 e. The van der Waals surface area contributed by atoms with Crippen molar-refractivity contribution in [3.05, 3.63) is 42.1 Å². The van der Waals surface area contributed by atoms with Crippen molar-refractivity contribution in [1.82, 2.24) is 9.88 Å². The molecular weight excluding hydrogens is 344 g/mol. The minimum atomic E-state index is -0.511. The Kier molecular flexibility index (Phi) is 4.83. The number of esters is 2. The molecule has 3 aliphatic rings.